The van der Waals surface area contributed by atoms with Gasteiger partial charge in [0, 0.05) is 19.8 Å². The lowest BCUT2D eigenvalue weighted by atomic mass is 9.98. The van der Waals surface area contributed by atoms with E-state index < -0.39 is 92.5 Å². The smallest absolute Gasteiger partial charge is 0.306 e. The fraction of sp³-hybridized carbons (Fsp3) is 0.897. The predicted octanol–water partition coefficient (Wildman–Crippen LogP) is 0.464. The standard InChI is InChI=1S/C29H50O14/c1-5-6-7-8-9-10-11-12-21(34)40-25-23(36)19(14-30)39-28(26(25)38-18(4)33)43-29(16-32)27(24(37)20(15-31)42-29)41-22(35)13-17(2)3/h17,19-20,23-28,30-32,36-37H,5-16H2,1-4H3/t19-,20-,23-,24-,25+,26-,27+,28-,29+/m1/s1. The first-order chi connectivity index (χ1) is 20.4. The second-order valence-corrected chi connectivity index (χ2v) is 11.5. The Morgan fingerprint density at radius 1 is 0.814 bits per heavy atom. The number of unbranched alkanes of at least 4 members (excludes halogenated alkanes) is 6. The minimum atomic E-state index is -2.34. The van der Waals surface area contributed by atoms with E-state index in [0.717, 1.165) is 45.4 Å². The number of esters is 3. The molecule has 0 spiro atoms. The van der Waals surface area contributed by atoms with E-state index in [1.165, 1.54) is 0 Å². The number of aliphatic hydroxyl groups excluding tert-OH is 5. The molecule has 43 heavy (non-hydrogen) atoms. The van der Waals surface area contributed by atoms with Crippen LogP contribution in [0.25, 0.3) is 0 Å². The molecule has 0 amide bonds. The van der Waals surface area contributed by atoms with Crippen molar-refractivity contribution >= 4 is 17.9 Å². The van der Waals surface area contributed by atoms with E-state index in [1.807, 2.05) is 0 Å². The number of hydrogen-bond donors (Lipinski definition) is 5. The third kappa shape index (κ3) is 10.6. The maximum Gasteiger partial charge on any atom is 0.306 e. The van der Waals surface area contributed by atoms with Gasteiger partial charge in [0.25, 0.3) is 0 Å². The zero-order valence-corrected chi connectivity index (χ0v) is 25.6. The van der Waals surface area contributed by atoms with E-state index in [2.05, 4.69) is 6.92 Å². The molecule has 0 radical (unpaired) electrons. The highest BCUT2D eigenvalue weighted by Gasteiger charge is 2.61. The van der Waals surface area contributed by atoms with Gasteiger partial charge in [0.05, 0.1) is 13.2 Å². The summed E-state index contributed by atoms with van der Waals surface area (Å²) < 4.78 is 33.5. The maximum absolute atomic E-state index is 12.8. The van der Waals surface area contributed by atoms with Crippen molar-refractivity contribution in [3.05, 3.63) is 0 Å². The van der Waals surface area contributed by atoms with E-state index in [9.17, 15) is 39.9 Å². The summed E-state index contributed by atoms with van der Waals surface area (Å²) in [5.74, 6) is -4.73. The van der Waals surface area contributed by atoms with E-state index in [1.54, 1.807) is 13.8 Å². The van der Waals surface area contributed by atoms with E-state index in [-0.39, 0.29) is 18.8 Å². The number of rotatable bonds is 18. The molecule has 14 heteroatoms. The van der Waals surface area contributed by atoms with Crippen LogP contribution in [0.4, 0.5) is 0 Å². The molecule has 0 unspecified atom stereocenters. The molecule has 0 bridgehead atoms. The normalized spacial score (nSPS) is 32.5. The molecule has 2 saturated heterocycles. The van der Waals surface area contributed by atoms with Crippen LogP contribution < -0.4 is 0 Å². The summed E-state index contributed by atoms with van der Waals surface area (Å²) >= 11 is 0. The van der Waals surface area contributed by atoms with Crippen LogP contribution >= 0.6 is 0 Å². The Bertz CT molecular complexity index is 868. The van der Waals surface area contributed by atoms with E-state index in [4.69, 9.17) is 28.4 Å². The summed E-state index contributed by atoms with van der Waals surface area (Å²) in [7, 11) is 0. The van der Waals surface area contributed by atoms with E-state index >= 15 is 0 Å². The summed E-state index contributed by atoms with van der Waals surface area (Å²) in [4.78, 5) is 37.4. The molecule has 0 aliphatic carbocycles. The van der Waals surface area contributed by atoms with Crippen molar-refractivity contribution in [3.63, 3.8) is 0 Å². The quantitative estimate of drug-likeness (QED) is 0.0800. The van der Waals surface area contributed by atoms with Gasteiger partial charge in [-0.15, -0.1) is 0 Å². The van der Waals surface area contributed by atoms with Crippen LogP contribution in [0.5, 0.6) is 0 Å². The first-order valence-corrected chi connectivity index (χ1v) is 15.2. The fourth-order valence-corrected chi connectivity index (χ4v) is 5.16. The first-order valence-electron chi connectivity index (χ1n) is 15.2. The van der Waals surface area contributed by atoms with Crippen LogP contribution in [0.15, 0.2) is 0 Å². The largest absolute Gasteiger partial charge is 0.455 e. The van der Waals surface area contributed by atoms with Gasteiger partial charge in [-0.2, -0.15) is 0 Å². The highest BCUT2D eigenvalue weighted by atomic mass is 16.8. The van der Waals surface area contributed by atoms with Crippen molar-refractivity contribution < 1.29 is 68.3 Å². The van der Waals surface area contributed by atoms with Crippen molar-refractivity contribution in [2.75, 3.05) is 19.8 Å². The van der Waals surface area contributed by atoms with Gasteiger partial charge in [-0.25, -0.2) is 0 Å². The van der Waals surface area contributed by atoms with Crippen molar-refractivity contribution in [2.24, 2.45) is 5.92 Å². The molecule has 0 saturated carbocycles. The van der Waals surface area contributed by atoms with Crippen molar-refractivity contribution in [2.45, 2.75) is 140 Å². The molecular formula is C29H50O14. The van der Waals surface area contributed by atoms with Crippen molar-refractivity contribution in [3.8, 4) is 0 Å². The average molecular weight is 623 g/mol. The average Bonchev–Trinajstić information content (AvgIpc) is 3.21. The lowest BCUT2D eigenvalue weighted by molar-refractivity contribution is -0.384. The highest BCUT2D eigenvalue weighted by molar-refractivity contribution is 5.70. The van der Waals surface area contributed by atoms with Gasteiger partial charge in [0.1, 0.15) is 31.0 Å². The summed E-state index contributed by atoms with van der Waals surface area (Å²) in [5.41, 5.74) is 0. The molecule has 0 aromatic heterocycles. The molecular weight excluding hydrogens is 572 g/mol. The summed E-state index contributed by atoms with van der Waals surface area (Å²) in [6.07, 6.45) is -5.90. The van der Waals surface area contributed by atoms with Gasteiger partial charge in [-0.05, 0) is 12.3 Å². The maximum atomic E-state index is 12.8. The Morgan fingerprint density at radius 2 is 1.44 bits per heavy atom. The summed E-state index contributed by atoms with van der Waals surface area (Å²) in [6, 6.07) is 0. The lowest BCUT2D eigenvalue weighted by Gasteiger charge is -2.45. The zero-order valence-electron chi connectivity index (χ0n) is 25.6. The monoisotopic (exact) mass is 622 g/mol. The minimum Gasteiger partial charge on any atom is -0.455 e. The molecule has 9 atom stereocenters. The zero-order chi connectivity index (χ0) is 32.2. The number of hydrogen-bond acceptors (Lipinski definition) is 14. The minimum absolute atomic E-state index is 0.0297. The van der Waals surface area contributed by atoms with Crippen LogP contribution in [0.1, 0.15) is 85.5 Å². The van der Waals surface area contributed by atoms with Gasteiger partial charge in [0.2, 0.25) is 12.1 Å². The van der Waals surface area contributed by atoms with Crippen LogP contribution in [-0.4, -0.2) is 118 Å². The molecule has 0 aromatic rings. The van der Waals surface area contributed by atoms with Gasteiger partial charge in [0.15, 0.2) is 18.3 Å². The molecule has 2 fully saturated rings. The molecule has 2 aliphatic heterocycles. The van der Waals surface area contributed by atoms with Crippen LogP contribution in [0.3, 0.4) is 0 Å². The van der Waals surface area contributed by atoms with Gasteiger partial charge in [-0.1, -0.05) is 59.3 Å². The van der Waals surface area contributed by atoms with E-state index in [0.29, 0.717) is 6.42 Å². The van der Waals surface area contributed by atoms with Crippen LogP contribution in [0.2, 0.25) is 0 Å². The fourth-order valence-electron chi connectivity index (χ4n) is 5.16. The Balaban J connectivity index is 2.28. The van der Waals surface area contributed by atoms with Crippen molar-refractivity contribution in [1.82, 2.24) is 0 Å². The Kier molecular flexibility index (Phi) is 15.7. The molecule has 0 aromatic carbocycles. The Labute approximate surface area is 252 Å². The second-order valence-electron chi connectivity index (χ2n) is 11.5. The summed E-state index contributed by atoms with van der Waals surface area (Å²) in [6.45, 7) is 4.20. The molecule has 2 aliphatic rings. The van der Waals surface area contributed by atoms with Gasteiger partial charge in [-0.3, -0.25) is 14.4 Å². The van der Waals surface area contributed by atoms with Crippen molar-refractivity contribution in [1.29, 1.82) is 0 Å². The topological polar surface area (TPSA) is 208 Å². The molecule has 2 heterocycles. The first kappa shape index (κ1) is 37.3. The third-order valence-electron chi connectivity index (χ3n) is 7.38. The summed E-state index contributed by atoms with van der Waals surface area (Å²) in [5, 5.41) is 51.7. The van der Waals surface area contributed by atoms with Gasteiger partial charge < -0.3 is 54.0 Å². The SMILES string of the molecule is CCCCCCCCCC(=O)O[C@H]1[C@H](O)[C@@H](CO)O[C@H](O[C@]2(CO)O[C@H](CO)[C@@H](O)[C@@H]2OC(=O)CC(C)C)[C@@H]1OC(C)=O. The second kappa shape index (κ2) is 18.2. The number of ether oxygens (including phenoxy) is 6. The number of carbonyl (C=O) groups excluding carboxylic acids is 3. The highest BCUT2D eigenvalue weighted by Crippen LogP contribution is 2.39. The third-order valence-corrected chi connectivity index (χ3v) is 7.38. The molecule has 2 rings (SSSR count). The number of carbonyl (C=O) groups is 3. The Hall–Kier alpha value is -1.91. The lowest BCUT2D eigenvalue weighted by Crippen LogP contribution is -2.64. The molecule has 250 valence electrons. The molecule has 14 nitrogen and oxygen atoms in total. The number of aliphatic hydroxyl groups is 5. The molecule has 5 N–H and O–H groups in total. The predicted molar refractivity (Wildman–Crippen MR) is 148 cm³/mol. The van der Waals surface area contributed by atoms with Crippen LogP contribution in [0, 0.1) is 5.92 Å². The Morgan fingerprint density at radius 3 is 2.00 bits per heavy atom. The van der Waals surface area contributed by atoms with Crippen LogP contribution in [-0.2, 0) is 42.8 Å². The van der Waals surface area contributed by atoms with Gasteiger partial charge >= 0.3 is 17.9 Å².